The number of hydrogen-bond acceptors (Lipinski definition) is 4. The molecular formula is C21H22N2O2S2. The van der Waals surface area contributed by atoms with E-state index in [0.717, 1.165) is 27.8 Å². The molecule has 1 unspecified atom stereocenters. The van der Waals surface area contributed by atoms with E-state index in [0.29, 0.717) is 11.4 Å². The van der Waals surface area contributed by atoms with E-state index >= 15 is 0 Å². The first-order valence-corrected chi connectivity index (χ1v) is 11.4. The van der Waals surface area contributed by atoms with Crippen molar-refractivity contribution in [3.63, 3.8) is 0 Å². The first kappa shape index (κ1) is 18.3. The molecule has 0 aliphatic carbocycles. The maximum atomic E-state index is 13.3. The maximum Gasteiger partial charge on any atom is 0.244 e. The highest BCUT2D eigenvalue weighted by atomic mass is 32.2. The van der Waals surface area contributed by atoms with Gasteiger partial charge in [-0.15, -0.1) is 11.8 Å². The van der Waals surface area contributed by atoms with E-state index in [-0.39, 0.29) is 5.37 Å². The Labute approximate surface area is 164 Å². The van der Waals surface area contributed by atoms with Crippen molar-refractivity contribution in [1.29, 1.82) is 0 Å². The molecule has 0 saturated carbocycles. The summed E-state index contributed by atoms with van der Waals surface area (Å²) >= 11 is 1.68. The number of thioether (sulfide) groups is 1. The second-order valence-corrected chi connectivity index (χ2v) is 9.91. The lowest BCUT2D eigenvalue weighted by Crippen LogP contribution is -2.30. The Hall–Kier alpha value is -2.02. The number of anilines is 1. The van der Waals surface area contributed by atoms with Crippen molar-refractivity contribution in [1.82, 2.24) is 4.31 Å². The molecule has 1 saturated heterocycles. The van der Waals surface area contributed by atoms with Gasteiger partial charge in [0, 0.05) is 32.1 Å². The van der Waals surface area contributed by atoms with Crippen LogP contribution in [-0.2, 0) is 10.0 Å². The monoisotopic (exact) mass is 398 g/mol. The van der Waals surface area contributed by atoms with Crippen molar-refractivity contribution in [2.45, 2.75) is 10.3 Å². The molecule has 27 heavy (non-hydrogen) atoms. The highest BCUT2D eigenvalue weighted by molar-refractivity contribution is 8.01. The van der Waals surface area contributed by atoms with Gasteiger partial charge < -0.3 is 4.90 Å². The highest BCUT2D eigenvalue weighted by Gasteiger charge is 2.36. The zero-order valence-electron chi connectivity index (χ0n) is 15.4. The molecule has 0 N–H and O–H groups in total. The van der Waals surface area contributed by atoms with Crippen molar-refractivity contribution in [3.8, 4) is 0 Å². The summed E-state index contributed by atoms with van der Waals surface area (Å²) in [5, 5.41) is 1.80. The van der Waals surface area contributed by atoms with Crippen LogP contribution < -0.4 is 4.90 Å². The van der Waals surface area contributed by atoms with Crippen LogP contribution >= 0.6 is 11.8 Å². The second kappa shape index (κ2) is 7.19. The summed E-state index contributed by atoms with van der Waals surface area (Å²) in [4.78, 5) is 2.40. The summed E-state index contributed by atoms with van der Waals surface area (Å²) in [7, 11) is 0.440. The molecule has 140 valence electrons. The standard InChI is InChI=1S/C21H22N2O2S2/c1-22(2)19-10-7-17(8-11-19)21-23(13-14-26-21)27(24,25)20-12-9-16-5-3-4-6-18(16)15-20/h3-12,15,21H,13-14H2,1-2H3. The molecule has 1 aliphatic heterocycles. The third-order valence-electron chi connectivity index (χ3n) is 4.87. The Kier molecular flexibility index (Phi) is 4.88. The SMILES string of the molecule is CN(C)c1ccc(C2SCCN2S(=O)(=O)c2ccc3ccccc3c2)cc1. The number of sulfonamides is 1. The lowest BCUT2D eigenvalue weighted by Gasteiger charge is -2.24. The summed E-state index contributed by atoms with van der Waals surface area (Å²) in [6.07, 6.45) is 0. The molecular weight excluding hydrogens is 376 g/mol. The van der Waals surface area contributed by atoms with Crippen molar-refractivity contribution in [2.24, 2.45) is 0 Å². The Bertz CT molecular complexity index is 1060. The van der Waals surface area contributed by atoms with E-state index in [1.165, 1.54) is 0 Å². The first-order valence-electron chi connectivity index (χ1n) is 8.86. The van der Waals surface area contributed by atoms with Crippen molar-refractivity contribution < 1.29 is 8.42 Å². The zero-order valence-corrected chi connectivity index (χ0v) is 17.0. The van der Waals surface area contributed by atoms with E-state index in [1.54, 1.807) is 28.2 Å². The second-order valence-electron chi connectivity index (χ2n) is 6.83. The Balaban J connectivity index is 1.69. The topological polar surface area (TPSA) is 40.6 Å². The third kappa shape index (κ3) is 3.45. The fourth-order valence-electron chi connectivity index (χ4n) is 3.36. The predicted molar refractivity (Wildman–Crippen MR) is 114 cm³/mol. The molecule has 0 spiro atoms. The van der Waals surface area contributed by atoms with Gasteiger partial charge in [0.1, 0.15) is 0 Å². The minimum absolute atomic E-state index is 0.183. The van der Waals surface area contributed by atoms with Crippen LogP contribution in [0.1, 0.15) is 10.9 Å². The van der Waals surface area contributed by atoms with Gasteiger partial charge in [0.05, 0.1) is 10.3 Å². The van der Waals surface area contributed by atoms with E-state index in [4.69, 9.17) is 0 Å². The number of benzene rings is 3. The predicted octanol–water partition coefficient (Wildman–Crippen LogP) is 4.34. The minimum atomic E-state index is -3.55. The van der Waals surface area contributed by atoms with Gasteiger partial charge in [0.25, 0.3) is 0 Å². The molecule has 0 bridgehead atoms. The molecule has 0 radical (unpaired) electrons. The smallest absolute Gasteiger partial charge is 0.244 e. The van der Waals surface area contributed by atoms with Crippen LogP contribution in [0.15, 0.2) is 71.6 Å². The average molecular weight is 399 g/mol. The summed E-state index contributed by atoms with van der Waals surface area (Å²) < 4.78 is 28.3. The van der Waals surface area contributed by atoms with E-state index in [2.05, 4.69) is 0 Å². The van der Waals surface area contributed by atoms with Crippen molar-refractivity contribution in [2.75, 3.05) is 31.3 Å². The summed E-state index contributed by atoms with van der Waals surface area (Å²) in [5.41, 5.74) is 2.12. The highest BCUT2D eigenvalue weighted by Crippen LogP contribution is 2.42. The van der Waals surface area contributed by atoms with Crippen LogP contribution in [0.5, 0.6) is 0 Å². The van der Waals surface area contributed by atoms with E-state index < -0.39 is 10.0 Å². The van der Waals surface area contributed by atoms with E-state index in [1.807, 2.05) is 73.6 Å². The number of rotatable bonds is 4. The van der Waals surface area contributed by atoms with Gasteiger partial charge in [0.15, 0.2) is 0 Å². The number of fused-ring (bicyclic) bond motifs is 1. The molecule has 3 aromatic carbocycles. The molecule has 3 aromatic rings. The van der Waals surface area contributed by atoms with Crippen LogP contribution in [0.2, 0.25) is 0 Å². The minimum Gasteiger partial charge on any atom is -0.378 e. The third-order valence-corrected chi connectivity index (χ3v) is 8.13. The Morgan fingerprint density at radius 3 is 2.37 bits per heavy atom. The molecule has 1 atom stereocenters. The van der Waals surface area contributed by atoms with Crippen LogP contribution in [-0.4, -0.2) is 39.1 Å². The molecule has 4 nitrogen and oxygen atoms in total. The van der Waals surface area contributed by atoms with Crippen LogP contribution in [0, 0.1) is 0 Å². The average Bonchev–Trinajstić information content (AvgIpc) is 3.18. The molecule has 4 rings (SSSR count). The number of hydrogen-bond donors (Lipinski definition) is 0. The molecule has 1 aliphatic rings. The van der Waals surface area contributed by atoms with Crippen molar-refractivity contribution >= 4 is 38.2 Å². The van der Waals surface area contributed by atoms with Gasteiger partial charge in [-0.25, -0.2) is 8.42 Å². The summed E-state index contributed by atoms with van der Waals surface area (Å²) in [6.45, 7) is 0.528. The van der Waals surface area contributed by atoms with Gasteiger partial charge in [0.2, 0.25) is 10.0 Å². The first-order chi connectivity index (χ1) is 13.0. The summed E-state index contributed by atoms with van der Waals surface area (Å²) in [5.74, 6) is 0.799. The quantitative estimate of drug-likeness (QED) is 0.655. The lowest BCUT2D eigenvalue weighted by molar-refractivity contribution is 0.434. The molecule has 1 heterocycles. The van der Waals surface area contributed by atoms with Gasteiger partial charge in [-0.3, -0.25) is 0 Å². The van der Waals surface area contributed by atoms with Crippen LogP contribution in [0.3, 0.4) is 0 Å². The van der Waals surface area contributed by atoms with Gasteiger partial charge >= 0.3 is 0 Å². The van der Waals surface area contributed by atoms with Crippen LogP contribution in [0.25, 0.3) is 10.8 Å². The largest absolute Gasteiger partial charge is 0.378 e. The van der Waals surface area contributed by atoms with Gasteiger partial charge in [-0.05, 0) is 40.6 Å². The fraction of sp³-hybridized carbons (Fsp3) is 0.238. The maximum absolute atomic E-state index is 13.3. The van der Waals surface area contributed by atoms with Gasteiger partial charge in [-0.1, -0.05) is 42.5 Å². The number of nitrogens with zero attached hydrogens (tertiary/aromatic N) is 2. The Morgan fingerprint density at radius 1 is 0.963 bits per heavy atom. The van der Waals surface area contributed by atoms with E-state index in [9.17, 15) is 8.42 Å². The molecule has 1 fully saturated rings. The van der Waals surface area contributed by atoms with Gasteiger partial charge in [-0.2, -0.15) is 4.31 Å². The Morgan fingerprint density at radius 2 is 1.67 bits per heavy atom. The molecule has 0 amide bonds. The summed E-state index contributed by atoms with van der Waals surface area (Å²) in [6, 6.07) is 21.3. The fourth-order valence-corrected chi connectivity index (χ4v) is 6.64. The lowest BCUT2D eigenvalue weighted by atomic mass is 10.1. The van der Waals surface area contributed by atoms with Crippen LogP contribution in [0.4, 0.5) is 5.69 Å². The van der Waals surface area contributed by atoms with Crippen molar-refractivity contribution in [3.05, 3.63) is 72.3 Å². The normalized spacial score (nSPS) is 18.1. The zero-order chi connectivity index (χ0) is 19.0. The molecule has 0 aromatic heterocycles. The molecule has 6 heteroatoms.